The van der Waals surface area contributed by atoms with Crippen molar-refractivity contribution in [2.45, 2.75) is 19.1 Å². The van der Waals surface area contributed by atoms with Crippen molar-refractivity contribution in [3.8, 4) is 0 Å². The third-order valence-corrected chi connectivity index (χ3v) is 6.88. The quantitative estimate of drug-likeness (QED) is 0.748. The van der Waals surface area contributed by atoms with Crippen LogP contribution in [0.1, 0.15) is 6.42 Å². The topological polar surface area (TPSA) is 58.4 Å². The molecule has 0 aromatic carbocycles. The largest absolute Gasteiger partial charge is 0.297 e. The molecule has 0 amide bonds. The van der Waals surface area contributed by atoms with Crippen LogP contribution in [0.4, 0.5) is 0 Å². The first-order valence-corrected chi connectivity index (χ1v) is 9.82. The summed E-state index contributed by atoms with van der Waals surface area (Å²) < 4.78 is 25.7. The Morgan fingerprint density at radius 3 is 2.65 bits per heavy atom. The van der Waals surface area contributed by atoms with E-state index in [0.717, 1.165) is 43.2 Å². The lowest BCUT2D eigenvalue weighted by molar-refractivity contribution is 0.0811. The fourth-order valence-electron chi connectivity index (χ4n) is 2.85. The Bertz CT molecular complexity index is 616. The van der Waals surface area contributed by atoms with Gasteiger partial charge in [0.25, 0.3) is 0 Å². The van der Waals surface area contributed by atoms with Gasteiger partial charge < -0.3 is 0 Å². The molecular weight excluding hydrogens is 316 g/mol. The third kappa shape index (κ3) is 3.28. The van der Waals surface area contributed by atoms with E-state index in [-0.39, 0.29) is 6.04 Å². The highest BCUT2D eigenvalue weighted by Crippen LogP contribution is 2.19. The molecule has 2 aliphatic heterocycles. The average molecular weight is 334 g/mol. The number of aromatic nitrogens is 2. The maximum atomic E-state index is 11.5. The SMILES string of the molecule is O=S1(=O)CCC(N2CCN(Cn3ncsc3=S)CC2)C1. The summed E-state index contributed by atoms with van der Waals surface area (Å²) in [7, 11) is -2.79. The maximum absolute atomic E-state index is 11.5. The third-order valence-electron chi connectivity index (χ3n) is 4.02. The van der Waals surface area contributed by atoms with Gasteiger partial charge in [0.05, 0.1) is 18.2 Å². The van der Waals surface area contributed by atoms with Crippen molar-refractivity contribution in [1.29, 1.82) is 0 Å². The van der Waals surface area contributed by atoms with Crippen molar-refractivity contribution < 1.29 is 8.42 Å². The van der Waals surface area contributed by atoms with Gasteiger partial charge >= 0.3 is 0 Å². The van der Waals surface area contributed by atoms with Crippen molar-refractivity contribution in [3.63, 3.8) is 0 Å². The molecule has 20 heavy (non-hydrogen) atoms. The second kappa shape index (κ2) is 5.80. The van der Waals surface area contributed by atoms with Crippen molar-refractivity contribution in [2.24, 2.45) is 0 Å². The van der Waals surface area contributed by atoms with Crippen LogP contribution < -0.4 is 0 Å². The summed E-state index contributed by atoms with van der Waals surface area (Å²) in [5.74, 6) is 0.690. The molecule has 0 N–H and O–H groups in total. The molecule has 2 aliphatic rings. The number of nitrogens with zero attached hydrogens (tertiary/aromatic N) is 4. The molecule has 1 unspecified atom stereocenters. The summed E-state index contributed by atoms with van der Waals surface area (Å²) in [6.07, 6.45) is 0.791. The lowest BCUT2D eigenvalue weighted by Crippen LogP contribution is -2.50. The van der Waals surface area contributed by atoms with Crippen LogP contribution in [-0.4, -0.2) is 71.7 Å². The minimum Gasteiger partial charge on any atom is -0.297 e. The van der Waals surface area contributed by atoms with E-state index in [9.17, 15) is 8.42 Å². The normalized spacial score (nSPS) is 27.9. The lowest BCUT2D eigenvalue weighted by Gasteiger charge is -2.37. The van der Waals surface area contributed by atoms with E-state index >= 15 is 0 Å². The van der Waals surface area contributed by atoms with Gasteiger partial charge in [-0.25, -0.2) is 13.1 Å². The molecule has 9 heteroatoms. The molecule has 0 bridgehead atoms. The van der Waals surface area contributed by atoms with Crippen LogP contribution in [0.3, 0.4) is 0 Å². The minimum atomic E-state index is -2.79. The van der Waals surface area contributed by atoms with Crippen LogP contribution in [0.5, 0.6) is 0 Å². The molecule has 2 saturated heterocycles. The molecule has 0 radical (unpaired) electrons. The molecule has 0 spiro atoms. The van der Waals surface area contributed by atoms with E-state index in [0.29, 0.717) is 11.5 Å². The number of piperazine rings is 1. The fraction of sp³-hybridized carbons (Fsp3) is 0.818. The summed E-state index contributed by atoms with van der Waals surface area (Å²) in [5.41, 5.74) is 1.77. The molecule has 6 nitrogen and oxygen atoms in total. The monoisotopic (exact) mass is 334 g/mol. The molecule has 0 saturated carbocycles. The van der Waals surface area contributed by atoms with E-state index in [2.05, 4.69) is 14.9 Å². The second-order valence-corrected chi connectivity index (χ2v) is 9.06. The van der Waals surface area contributed by atoms with Gasteiger partial charge in [-0.3, -0.25) is 9.80 Å². The summed E-state index contributed by atoms with van der Waals surface area (Å²) in [4.78, 5) is 4.64. The van der Waals surface area contributed by atoms with Crippen molar-refractivity contribution in [1.82, 2.24) is 19.6 Å². The minimum absolute atomic E-state index is 0.226. The molecule has 0 aliphatic carbocycles. The Balaban J connectivity index is 1.52. The highest BCUT2D eigenvalue weighted by atomic mass is 32.2. The zero-order valence-corrected chi connectivity index (χ0v) is 13.6. The summed E-state index contributed by atoms with van der Waals surface area (Å²) in [6, 6.07) is 0.226. The standard InChI is InChI=1S/C11H18N4O2S3/c16-20(17)6-1-10(7-20)14-4-2-13(3-5-14)9-15-11(18)19-8-12-15/h8,10H,1-7,9H2. The van der Waals surface area contributed by atoms with Gasteiger partial charge in [0.15, 0.2) is 13.8 Å². The number of hydrogen-bond acceptors (Lipinski definition) is 7. The smallest absolute Gasteiger partial charge is 0.180 e. The van der Waals surface area contributed by atoms with Gasteiger partial charge in [-0.1, -0.05) is 11.3 Å². The molecular formula is C11H18N4O2S3. The zero-order valence-electron chi connectivity index (χ0n) is 11.1. The maximum Gasteiger partial charge on any atom is 0.180 e. The van der Waals surface area contributed by atoms with Gasteiger partial charge in [-0.05, 0) is 18.6 Å². The molecule has 112 valence electrons. The zero-order chi connectivity index (χ0) is 14.2. The van der Waals surface area contributed by atoms with E-state index in [1.54, 1.807) is 5.51 Å². The fourth-order valence-corrected chi connectivity index (χ4v) is 5.32. The highest BCUT2D eigenvalue weighted by Gasteiger charge is 2.33. The Kier molecular flexibility index (Phi) is 4.23. The van der Waals surface area contributed by atoms with Gasteiger partial charge in [0.1, 0.15) is 5.51 Å². The van der Waals surface area contributed by atoms with Crippen LogP contribution in [0.25, 0.3) is 0 Å². The first-order chi connectivity index (χ1) is 9.53. The number of sulfone groups is 1. The Morgan fingerprint density at radius 1 is 1.35 bits per heavy atom. The van der Waals surface area contributed by atoms with Crippen LogP contribution in [-0.2, 0) is 16.5 Å². The Hall–Kier alpha value is -0.350. The van der Waals surface area contributed by atoms with Gasteiger partial charge in [-0.15, -0.1) is 0 Å². The molecule has 1 atom stereocenters. The highest BCUT2D eigenvalue weighted by molar-refractivity contribution is 7.91. The van der Waals surface area contributed by atoms with E-state index < -0.39 is 9.84 Å². The Morgan fingerprint density at radius 2 is 2.10 bits per heavy atom. The van der Waals surface area contributed by atoms with Gasteiger partial charge in [0.2, 0.25) is 0 Å². The first kappa shape index (κ1) is 14.6. The molecule has 3 rings (SSSR count). The average Bonchev–Trinajstić information content (AvgIpc) is 2.97. The predicted molar refractivity (Wildman–Crippen MR) is 81.1 cm³/mol. The molecule has 1 aromatic rings. The van der Waals surface area contributed by atoms with Crippen LogP contribution >= 0.6 is 23.6 Å². The van der Waals surface area contributed by atoms with Crippen molar-refractivity contribution >= 4 is 33.4 Å². The molecule has 1 aromatic heterocycles. The molecule has 2 fully saturated rings. The van der Waals surface area contributed by atoms with E-state index in [1.807, 2.05) is 4.68 Å². The van der Waals surface area contributed by atoms with Crippen LogP contribution in [0, 0.1) is 3.95 Å². The van der Waals surface area contributed by atoms with Gasteiger partial charge in [-0.2, -0.15) is 5.10 Å². The van der Waals surface area contributed by atoms with E-state index in [4.69, 9.17) is 12.2 Å². The summed E-state index contributed by atoms with van der Waals surface area (Å²) in [5, 5.41) is 4.22. The number of rotatable bonds is 3. The van der Waals surface area contributed by atoms with E-state index in [1.165, 1.54) is 11.3 Å². The van der Waals surface area contributed by atoms with Crippen LogP contribution in [0.15, 0.2) is 5.51 Å². The lowest BCUT2D eigenvalue weighted by atomic mass is 10.2. The van der Waals surface area contributed by atoms with Crippen molar-refractivity contribution in [3.05, 3.63) is 9.46 Å². The number of hydrogen-bond donors (Lipinski definition) is 0. The van der Waals surface area contributed by atoms with Gasteiger partial charge in [0, 0.05) is 32.2 Å². The summed E-state index contributed by atoms with van der Waals surface area (Å²) in [6.45, 7) is 4.47. The van der Waals surface area contributed by atoms with Crippen LogP contribution in [0.2, 0.25) is 0 Å². The summed E-state index contributed by atoms with van der Waals surface area (Å²) >= 11 is 6.68. The second-order valence-electron chi connectivity index (χ2n) is 5.36. The first-order valence-electron chi connectivity index (χ1n) is 6.71. The molecule has 3 heterocycles. The Labute approximate surface area is 127 Å². The predicted octanol–water partition coefficient (Wildman–Crippen LogP) is 0.436. The van der Waals surface area contributed by atoms with Crippen molar-refractivity contribution in [2.75, 3.05) is 37.7 Å².